The molecule has 0 aliphatic carbocycles. The zero-order valence-electron chi connectivity index (χ0n) is 12.7. The minimum atomic E-state index is -3.60. The molecule has 2 aromatic rings. The Morgan fingerprint density at radius 1 is 1.41 bits per heavy atom. The number of furan rings is 1. The van der Waals surface area contributed by atoms with E-state index < -0.39 is 10.0 Å². The molecule has 0 aromatic carbocycles. The molecular formula is C14H19N3O4S. The minimum absolute atomic E-state index is 0.0761. The van der Waals surface area contributed by atoms with Crippen molar-refractivity contribution in [2.45, 2.75) is 38.2 Å². The van der Waals surface area contributed by atoms with Crippen LogP contribution in [-0.4, -0.2) is 36.0 Å². The molecule has 1 unspecified atom stereocenters. The molecule has 0 saturated carbocycles. The van der Waals surface area contributed by atoms with Gasteiger partial charge in [0.2, 0.25) is 11.0 Å². The number of hydrogen-bond donors (Lipinski definition) is 0. The topological polar surface area (TPSA) is 89.4 Å². The highest BCUT2D eigenvalue weighted by Gasteiger charge is 2.31. The lowest BCUT2D eigenvalue weighted by atomic mass is 10.0. The fourth-order valence-electron chi connectivity index (χ4n) is 2.57. The number of rotatable bonds is 4. The van der Waals surface area contributed by atoms with Crippen molar-refractivity contribution in [3.63, 3.8) is 0 Å². The molecule has 8 heteroatoms. The van der Waals surface area contributed by atoms with Crippen molar-refractivity contribution in [2.24, 2.45) is 5.92 Å². The average molecular weight is 325 g/mol. The van der Waals surface area contributed by atoms with Gasteiger partial charge in [-0.2, -0.15) is 4.31 Å². The SMILES string of the molecule is CCc1nnc(-c2coc(S(=O)(=O)N3CCCC(C)C3)c2)o1. The van der Waals surface area contributed by atoms with Gasteiger partial charge in [-0.25, -0.2) is 8.42 Å². The second-order valence-corrected chi connectivity index (χ2v) is 7.49. The lowest BCUT2D eigenvalue weighted by molar-refractivity contribution is 0.274. The number of aryl methyl sites for hydroxylation is 1. The van der Waals surface area contributed by atoms with Gasteiger partial charge in [-0.05, 0) is 18.8 Å². The summed E-state index contributed by atoms with van der Waals surface area (Å²) >= 11 is 0. The zero-order valence-corrected chi connectivity index (χ0v) is 13.5. The van der Waals surface area contributed by atoms with Crippen LogP contribution in [0.3, 0.4) is 0 Å². The Morgan fingerprint density at radius 2 is 2.23 bits per heavy atom. The number of sulfonamides is 1. The summed E-state index contributed by atoms with van der Waals surface area (Å²) in [6, 6.07) is 1.45. The van der Waals surface area contributed by atoms with Crippen LogP contribution in [-0.2, 0) is 16.4 Å². The van der Waals surface area contributed by atoms with E-state index in [1.165, 1.54) is 16.6 Å². The Bertz CT molecular complexity index is 750. The number of hydrogen-bond acceptors (Lipinski definition) is 6. The summed E-state index contributed by atoms with van der Waals surface area (Å²) in [4.78, 5) is 0. The van der Waals surface area contributed by atoms with Crippen LogP contribution in [0, 0.1) is 5.92 Å². The third-order valence-corrected chi connectivity index (χ3v) is 5.54. The predicted octanol–water partition coefficient (Wildman–Crippen LogP) is 2.31. The molecule has 0 N–H and O–H groups in total. The van der Waals surface area contributed by atoms with Gasteiger partial charge in [0, 0.05) is 25.6 Å². The highest BCUT2D eigenvalue weighted by atomic mass is 32.2. The van der Waals surface area contributed by atoms with Gasteiger partial charge in [0.05, 0.1) is 5.56 Å². The normalized spacial score (nSPS) is 20.4. The Hall–Kier alpha value is -1.67. The van der Waals surface area contributed by atoms with Crippen LogP contribution < -0.4 is 0 Å². The first-order chi connectivity index (χ1) is 10.5. The summed E-state index contributed by atoms with van der Waals surface area (Å²) in [5.41, 5.74) is 0.482. The van der Waals surface area contributed by atoms with E-state index >= 15 is 0 Å². The van der Waals surface area contributed by atoms with Gasteiger partial charge in [-0.15, -0.1) is 10.2 Å². The van der Waals surface area contributed by atoms with Crippen LogP contribution in [0.25, 0.3) is 11.5 Å². The van der Waals surface area contributed by atoms with Gasteiger partial charge in [0.1, 0.15) is 6.26 Å². The fraction of sp³-hybridized carbons (Fsp3) is 0.571. The van der Waals surface area contributed by atoms with E-state index in [4.69, 9.17) is 8.83 Å². The first-order valence-electron chi connectivity index (χ1n) is 7.42. The zero-order chi connectivity index (χ0) is 15.7. The highest BCUT2D eigenvalue weighted by Crippen LogP contribution is 2.28. The second-order valence-electron chi connectivity index (χ2n) is 5.62. The van der Waals surface area contributed by atoms with E-state index in [-0.39, 0.29) is 11.0 Å². The molecule has 1 aliphatic heterocycles. The third kappa shape index (κ3) is 2.80. The molecule has 0 radical (unpaired) electrons. The number of piperidine rings is 1. The summed E-state index contributed by atoms with van der Waals surface area (Å²) < 4.78 is 37.4. The first-order valence-corrected chi connectivity index (χ1v) is 8.86. The highest BCUT2D eigenvalue weighted by molar-refractivity contribution is 7.89. The van der Waals surface area contributed by atoms with E-state index in [0.717, 1.165) is 12.8 Å². The average Bonchev–Trinajstić information content (AvgIpc) is 3.16. The standard InChI is InChI=1S/C14H19N3O4S/c1-3-12-15-16-14(21-12)11-7-13(20-9-11)22(18,19)17-6-4-5-10(2)8-17/h7,9-10H,3-6,8H2,1-2H3. The summed E-state index contributed by atoms with van der Waals surface area (Å²) in [6.45, 7) is 5.02. The summed E-state index contributed by atoms with van der Waals surface area (Å²) in [5, 5.41) is 7.68. The summed E-state index contributed by atoms with van der Waals surface area (Å²) in [6.07, 6.45) is 3.89. The molecule has 0 amide bonds. The lowest BCUT2D eigenvalue weighted by Gasteiger charge is -2.28. The number of aromatic nitrogens is 2. The molecule has 3 rings (SSSR count). The molecule has 1 atom stereocenters. The van der Waals surface area contributed by atoms with Crippen LogP contribution in [0.1, 0.15) is 32.6 Å². The summed E-state index contributed by atoms with van der Waals surface area (Å²) in [7, 11) is -3.60. The quantitative estimate of drug-likeness (QED) is 0.857. The van der Waals surface area contributed by atoms with E-state index in [9.17, 15) is 8.42 Å². The lowest BCUT2D eigenvalue weighted by Crippen LogP contribution is -2.38. The van der Waals surface area contributed by atoms with Crippen molar-refractivity contribution >= 4 is 10.0 Å². The largest absolute Gasteiger partial charge is 0.451 e. The van der Waals surface area contributed by atoms with Gasteiger partial charge >= 0.3 is 0 Å². The molecular weight excluding hydrogens is 306 g/mol. The Balaban J connectivity index is 1.86. The van der Waals surface area contributed by atoms with Crippen LogP contribution in [0.4, 0.5) is 0 Å². The maximum Gasteiger partial charge on any atom is 0.276 e. The molecule has 0 bridgehead atoms. The fourth-order valence-corrected chi connectivity index (χ4v) is 4.09. The van der Waals surface area contributed by atoms with Crippen LogP contribution in [0.15, 0.2) is 26.3 Å². The van der Waals surface area contributed by atoms with Gasteiger partial charge in [-0.3, -0.25) is 0 Å². The van der Waals surface area contributed by atoms with Crippen molar-refractivity contribution in [3.05, 3.63) is 18.2 Å². The smallest absolute Gasteiger partial charge is 0.276 e. The van der Waals surface area contributed by atoms with Crippen molar-refractivity contribution in [1.29, 1.82) is 0 Å². The molecule has 7 nitrogen and oxygen atoms in total. The number of nitrogens with zero attached hydrogens (tertiary/aromatic N) is 3. The third-order valence-electron chi connectivity index (χ3n) is 3.81. The maximum absolute atomic E-state index is 12.6. The van der Waals surface area contributed by atoms with E-state index in [2.05, 4.69) is 17.1 Å². The second kappa shape index (κ2) is 5.85. The Morgan fingerprint density at radius 3 is 2.91 bits per heavy atom. The molecule has 3 heterocycles. The van der Waals surface area contributed by atoms with E-state index in [0.29, 0.717) is 36.9 Å². The molecule has 1 aliphatic rings. The van der Waals surface area contributed by atoms with E-state index in [1.54, 1.807) is 0 Å². The minimum Gasteiger partial charge on any atom is -0.451 e. The molecule has 22 heavy (non-hydrogen) atoms. The molecule has 0 spiro atoms. The van der Waals surface area contributed by atoms with Crippen LogP contribution in [0.2, 0.25) is 0 Å². The monoisotopic (exact) mass is 325 g/mol. The Labute approximate surface area is 129 Å². The van der Waals surface area contributed by atoms with Crippen LogP contribution in [0.5, 0.6) is 0 Å². The van der Waals surface area contributed by atoms with Crippen LogP contribution >= 0.6 is 0 Å². The van der Waals surface area contributed by atoms with Crippen molar-refractivity contribution < 1.29 is 17.3 Å². The molecule has 1 fully saturated rings. The summed E-state index contributed by atoms with van der Waals surface area (Å²) in [5.74, 6) is 1.14. The molecule has 2 aromatic heterocycles. The van der Waals surface area contributed by atoms with Crippen molar-refractivity contribution in [3.8, 4) is 11.5 Å². The van der Waals surface area contributed by atoms with Crippen molar-refractivity contribution in [2.75, 3.05) is 13.1 Å². The van der Waals surface area contributed by atoms with Crippen molar-refractivity contribution in [1.82, 2.24) is 14.5 Å². The Kier molecular flexibility index (Phi) is 4.05. The predicted molar refractivity (Wildman–Crippen MR) is 78.5 cm³/mol. The van der Waals surface area contributed by atoms with Gasteiger partial charge in [0.15, 0.2) is 0 Å². The van der Waals surface area contributed by atoms with E-state index in [1.807, 2.05) is 6.92 Å². The first kappa shape index (κ1) is 15.2. The van der Waals surface area contributed by atoms with Gasteiger partial charge in [0.25, 0.3) is 15.9 Å². The van der Waals surface area contributed by atoms with Gasteiger partial charge < -0.3 is 8.83 Å². The maximum atomic E-state index is 12.6. The van der Waals surface area contributed by atoms with Gasteiger partial charge in [-0.1, -0.05) is 13.8 Å². The molecule has 120 valence electrons. The molecule has 1 saturated heterocycles.